The van der Waals surface area contributed by atoms with Crippen LogP contribution in [0.4, 0.5) is 11.4 Å². The van der Waals surface area contributed by atoms with E-state index in [1.54, 1.807) is 0 Å². The molecule has 7 nitrogen and oxygen atoms in total. The Hall–Kier alpha value is -3.19. The predicted octanol–water partition coefficient (Wildman–Crippen LogP) is 5.17. The highest BCUT2D eigenvalue weighted by Crippen LogP contribution is 2.47. The molecule has 1 unspecified atom stereocenters. The molecule has 1 amide bonds. The Labute approximate surface area is 184 Å². The van der Waals surface area contributed by atoms with Crippen LogP contribution in [0.2, 0.25) is 5.02 Å². The number of hydrogen-bond acceptors (Lipinski definition) is 5. The first-order chi connectivity index (χ1) is 14.9. The maximum Gasteiger partial charge on any atom is 0.293 e. The van der Waals surface area contributed by atoms with Crippen LogP contribution in [-0.2, 0) is 9.59 Å². The fourth-order valence-corrected chi connectivity index (χ4v) is 4.59. The number of para-hydroxylation sites is 1. The molecule has 2 aromatic carbocycles. The van der Waals surface area contributed by atoms with Gasteiger partial charge in [-0.15, -0.1) is 0 Å². The van der Waals surface area contributed by atoms with Crippen LogP contribution in [0.3, 0.4) is 0 Å². The van der Waals surface area contributed by atoms with E-state index in [0.717, 1.165) is 5.56 Å². The number of ketones is 1. The van der Waals surface area contributed by atoms with Gasteiger partial charge in [0.2, 0.25) is 5.91 Å². The van der Waals surface area contributed by atoms with Crippen molar-refractivity contribution in [3.8, 4) is 5.75 Å². The second-order valence-corrected chi connectivity index (χ2v) is 7.92. The summed E-state index contributed by atoms with van der Waals surface area (Å²) in [6.07, 6.45) is 1.45. The summed E-state index contributed by atoms with van der Waals surface area (Å²) in [5.41, 5.74) is 1.71. The summed E-state index contributed by atoms with van der Waals surface area (Å²) in [5.74, 6) is -0.169. The molecule has 0 N–H and O–H groups in total. The quantitative estimate of drug-likeness (QED) is 0.472. The maximum atomic E-state index is 13.4. The molecule has 0 aromatic heterocycles. The maximum absolute atomic E-state index is 13.4. The van der Waals surface area contributed by atoms with Gasteiger partial charge >= 0.3 is 0 Å². The summed E-state index contributed by atoms with van der Waals surface area (Å²) in [6, 6.07) is 11.5. The van der Waals surface area contributed by atoms with Crippen molar-refractivity contribution < 1.29 is 19.2 Å². The number of hydrogen-bond donors (Lipinski definition) is 0. The smallest absolute Gasteiger partial charge is 0.293 e. The van der Waals surface area contributed by atoms with Crippen molar-refractivity contribution in [1.29, 1.82) is 0 Å². The Morgan fingerprint density at radius 3 is 2.71 bits per heavy atom. The number of amides is 1. The topological polar surface area (TPSA) is 89.8 Å². The molecule has 31 heavy (non-hydrogen) atoms. The first kappa shape index (κ1) is 21.1. The standard InChI is InChI=1S/C23H21ClN2O5/c1-2-31-21-9-4-3-6-15(21)16-13-22(28)25(18-7-5-8-20(27)23(16)18)19-12-14(24)10-11-17(19)26(29)30/h3-4,6,9-12,16H,2,5,7-8,13H2,1H3. The van der Waals surface area contributed by atoms with Gasteiger partial charge in [0, 0.05) is 46.7 Å². The van der Waals surface area contributed by atoms with E-state index in [4.69, 9.17) is 16.3 Å². The molecule has 1 aliphatic heterocycles. The number of carbonyl (C=O) groups excluding carboxylic acids is 2. The monoisotopic (exact) mass is 440 g/mol. The van der Waals surface area contributed by atoms with Crippen molar-refractivity contribution in [3.05, 3.63) is 74.4 Å². The second-order valence-electron chi connectivity index (χ2n) is 7.48. The van der Waals surface area contributed by atoms with E-state index in [1.165, 1.54) is 23.1 Å². The summed E-state index contributed by atoms with van der Waals surface area (Å²) in [6.45, 7) is 2.33. The molecular formula is C23H21ClN2O5. The summed E-state index contributed by atoms with van der Waals surface area (Å²) >= 11 is 6.11. The number of benzene rings is 2. The highest BCUT2D eigenvalue weighted by Gasteiger charge is 2.42. The molecule has 2 aromatic rings. The number of nitro benzene ring substituents is 1. The SMILES string of the molecule is CCOc1ccccc1C1CC(=O)N(c2cc(Cl)ccc2[N+](=O)[O-])C2=C1C(=O)CCC2. The lowest BCUT2D eigenvalue weighted by Gasteiger charge is -2.38. The van der Waals surface area contributed by atoms with Crippen LogP contribution >= 0.6 is 11.6 Å². The summed E-state index contributed by atoms with van der Waals surface area (Å²) in [7, 11) is 0. The third-order valence-corrected chi connectivity index (χ3v) is 5.88. The Morgan fingerprint density at radius 2 is 1.97 bits per heavy atom. The van der Waals surface area contributed by atoms with E-state index < -0.39 is 10.8 Å². The molecule has 0 saturated heterocycles. The van der Waals surface area contributed by atoms with Gasteiger partial charge in [0.1, 0.15) is 11.4 Å². The van der Waals surface area contributed by atoms with E-state index >= 15 is 0 Å². The number of halogens is 1. The zero-order valence-corrected chi connectivity index (χ0v) is 17.7. The number of carbonyl (C=O) groups is 2. The third-order valence-electron chi connectivity index (χ3n) is 5.64. The highest BCUT2D eigenvalue weighted by molar-refractivity contribution is 6.31. The van der Waals surface area contributed by atoms with Gasteiger partial charge in [0.05, 0.1) is 11.5 Å². The summed E-state index contributed by atoms with van der Waals surface area (Å²) < 4.78 is 5.75. The Balaban J connectivity index is 1.92. The zero-order chi connectivity index (χ0) is 22.1. The average Bonchev–Trinajstić information content (AvgIpc) is 2.73. The first-order valence-corrected chi connectivity index (χ1v) is 10.5. The lowest BCUT2D eigenvalue weighted by molar-refractivity contribution is -0.384. The minimum atomic E-state index is -0.541. The summed E-state index contributed by atoms with van der Waals surface area (Å²) in [4.78, 5) is 38.8. The Morgan fingerprint density at radius 1 is 1.19 bits per heavy atom. The van der Waals surface area contributed by atoms with Crippen molar-refractivity contribution in [1.82, 2.24) is 0 Å². The minimum absolute atomic E-state index is 0.0122. The predicted molar refractivity (Wildman–Crippen MR) is 116 cm³/mol. The van der Waals surface area contributed by atoms with E-state index in [1.807, 2.05) is 31.2 Å². The molecule has 0 radical (unpaired) electrons. The van der Waals surface area contributed by atoms with Crippen LogP contribution < -0.4 is 9.64 Å². The third kappa shape index (κ3) is 3.81. The molecule has 1 atom stereocenters. The molecule has 1 aliphatic carbocycles. The molecule has 0 fully saturated rings. The van der Waals surface area contributed by atoms with Crippen molar-refractivity contribution in [2.45, 2.75) is 38.5 Å². The van der Waals surface area contributed by atoms with Gasteiger partial charge in [-0.25, -0.2) is 0 Å². The van der Waals surface area contributed by atoms with Gasteiger partial charge in [-0.1, -0.05) is 29.8 Å². The van der Waals surface area contributed by atoms with Crippen LogP contribution in [0.5, 0.6) is 5.75 Å². The highest BCUT2D eigenvalue weighted by atomic mass is 35.5. The molecule has 2 aliphatic rings. The van der Waals surface area contributed by atoms with Crippen molar-refractivity contribution in [2.75, 3.05) is 11.5 Å². The van der Waals surface area contributed by atoms with E-state index in [0.29, 0.717) is 42.9 Å². The summed E-state index contributed by atoms with van der Waals surface area (Å²) in [5, 5.41) is 11.9. The van der Waals surface area contributed by atoms with Gasteiger partial charge < -0.3 is 4.74 Å². The number of Topliss-reactive ketones (excluding diaryl/α,β-unsaturated/α-hetero) is 1. The second kappa shape index (κ2) is 8.51. The fraction of sp³-hybridized carbons (Fsp3) is 0.304. The molecule has 4 rings (SSSR count). The average molecular weight is 441 g/mol. The van der Waals surface area contributed by atoms with Crippen LogP contribution in [0.25, 0.3) is 0 Å². The van der Waals surface area contributed by atoms with Crippen molar-refractivity contribution in [3.63, 3.8) is 0 Å². The Bertz CT molecular complexity index is 1110. The molecule has 1 heterocycles. The van der Waals surface area contributed by atoms with Gasteiger partial charge in [0.25, 0.3) is 5.69 Å². The van der Waals surface area contributed by atoms with Crippen LogP contribution in [0.15, 0.2) is 53.7 Å². The van der Waals surface area contributed by atoms with E-state index in [9.17, 15) is 19.7 Å². The lowest BCUT2D eigenvalue weighted by atomic mass is 9.77. The van der Waals surface area contributed by atoms with Crippen LogP contribution in [0.1, 0.15) is 44.1 Å². The van der Waals surface area contributed by atoms with Crippen molar-refractivity contribution >= 4 is 34.7 Å². The molecular weight excluding hydrogens is 420 g/mol. The lowest BCUT2D eigenvalue weighted by Crippen LogP contribution is -2.41. The van der Waals surface area contributed by atoms with Gasteiger partial charge in [-0.2, -0.15) is 0 Å². The molecule has 0 bridgehead atoms. The molecule has 8 heteroatoms. The zero-order valence-electron chi connectivity index (χ0n) is 17.0. The number of nitro groups is 1. The van der Waals surface area contributed by atoms with E-state index in [2.05, 4.69) is 0 Å². The molecule has 0 spiro atoms. The minimum Gasteiger partial charge on any atom is -0.494 e. The van der Waals surface area contributed by atoms with Gasteiger partial charge in [-0.05, 0) is 38.0 Å². The van der Waals surface area contributed by atoms with Crippen LogP contribution in [-0.4, -0.2) is 23.2 Å². The number of ether oxygens (including phenoxy) is 1. The number of nitrogens with zero attached hydrogens (tertiary/aromatic N) is 2. The normalized spacial score (nSPS) is 18.8. The van der Waals surface area contributed by atoms with Gasteiger partial charge in [-0.3, -0.25) is 24.6 Å². The van der Waals surface area contributed by atoms with Crippen molar-refractivity contribution in [2.24, 2.45) is 0 Å². The van der Waals surface area contributed by atoms with E-state index in [-0.39, 0.29) is 34.5 Å². The molecule has 0 saturated carbocycles. The Kier molecular flexibility index (Phi) is 5.78. The number of rotatable bonds is 5. The number of allylic oxidation sites excluding steroid dienone is 2. The first-order valence-electron chi connectivity index (χ1n) is 10.2. The van der Waals surface area contributed by atoms with Gasteiger partial charge in [0.15, 0.2) is 5.78 Å². The fourth-order valence-electron chi connectivity index (χ4n) is 4.42. The van der Waals surface area contributed by atoms with Crippen LogP contribution in [0, 0.1) is 10.1 Å². The largest absolute Gasteiger partial charge is 0.494 e. The molecule has 160 valence electrons. The number of anilines is 1.